The quantitative estimate of drug-likeness (QED) is 0.890. The molecule has 0 unspecified atom stereocenters. The molecule has 20 heavy (non-hydrogen) atoms. The Kier molecular flexibility index (Phi) is 4.47. The Hall–Kier alpha value is -2.21. The zero-order chi connectivity index (χ0) is 14.5. The van der Waals surface area contributed by atoms with Crippen molar-refractivity contribution in [1.29, 1.82) is 0 Å². The van der Waals surface area contributed by atoms with Crippen LogP contribution in [0.5, 0.6) is 0 Å². The maximum atomic E-state index is 11.8. The molecule has 0 aliphatic heterocycles. The van der Waals surface area contributed by atoms with E-state index >= 15 is 0 Å². The molecule has 0 aliphatic rings. The van der Waals surface area contributed by atoms with Crippen LogP contribution in [0, 0.1) is 0 Å². The number of nitrogens with one attached hydrogen (secondary N) is 1. The van der Waals surface area contributed by atoms with Crippen LogP contribution in [0.1, 0.15) is 12.5 Å². The maximum absolute atomic E-state index is 11.8. The topological polar surface area (TPSA) is 71.3 Å². The summed E-state index contributed by atoms with van der Waals surface area (Å²) in [6.45, 7) is 2.37. The maximum Gasteiger partial charge on any atom is 0.237 e. The molecule has 1 aromatic carbocycles. The van der Waals surface area contributed by atoms with Crippen molar-refractivity contribution in [1.82, 2.24) is 20.4 Å². The summed E-state index contributed by atoms with van der Waals surface area (Å²) in [4.78, 5) is 17.7. The van der Waals surface area contributed by atoms with E-state index in [4.69, 9.17) is 4.52 Å². The standard InChI is InChI=1S/C14H18N4O2/c1-10(18(2)3)14(19)15-8-11-4-6-12(7-5-11)13-16-9-20-17-13/h4-7,9-10H,8H2,1-3H3,(H,15,19)/t10-/m0/s1. The molecule has 6 heteroatoms. The lowest BCUT2D eigenvalue weighted by Crippen LogP contribution is -2.41. The highest BCUT2D eigenvalue weighted by Crippen LogP contribution is 2.14. The molecule has 2 aromatic rings. The first-order valence-corrected chi connectivity index (χ1v) is 6.37. The van der Waals surface area contributed by atoms with Gasteiger partial charge in [-0.3, -0.25) is 9.69 Å². The Morgan fingerprint density at radius 2 is 2.05 bits per heavy atom. The summed E-state index contributed by atoms with van der Waals surface area (Å²) in [5.41, 5.74) is 1.91. The van der Waals surface area contributed by atoms with E-state index in [-0.39, 0.29) is 11.9 Å². The number of rotatable bonds is 5. The third kappa shape index (κ3) is 3.42. The summed E-state index contributed by atoms with van der Waals surface area (Å²) in [5, 5.41) is 6.68. The van der Waals surface area contributed by atoms with Crippen LogP contribution in [0.25, 0.3) is 11.4 Å². The summed E-state index contributed by atoms with van der Waals surface area (Å²) < 4.78 is 4.70. The predicted octanol–water partition coefficient (Wildman–Crippen LogP) is 1.30. The first-order chi connectivity index (χ1) is 9.58. The minimum atomic E-state index is -0.145. The van der Waals surface area contributed by atoms with Gasteiger partial charge in [-0.25, -0.2) is 0 Å². The SMILES string of the molecule is C[C@@H](C(=O)NCc1ccc(-c2ncon2)cc1)N(C)C. The van der Waals surface area contributed by atoms with Gasteiger partial charge in [-0.1, -0.05) is 29.4 Å². The van der Waals surface area contributed by atoms with E-state index in [1.54, 1.807) is 0 Å². The van der Waals surface area contributed by atoms with Crippen molar-refractivity contribution in [3.05, 3.63) is 36.2 Å². The van der Waals surface area contributed by atoms with E-state index in [2.05, 4.69) is 15.5 Å². The molecule has 1 amide bonds. The molecule has 1 atom stereocenters. The number of aromatic nitrogens is 2. The van der Waals surface area contributed by atoms with Crippen LogP contribution in [0.15, 0.2) is 35.2 Å². The molecule has 0 fully saturated rings. The predicted molar refractivity (Wildman–Crippen MR) is 74.7 cm³/mol. The van der Waals surface area contributed by atoms with Gasteiger partial charge in [0.25, 0.3) is 0 Å². The van der Waals surface area contributed by atoms with Gasteiger partial charge < -0.3 is 9.84 Å². The molecule has 1 aromatic heterocycles. The lowest BCUT2D eigenvalue weighted by Gasteiger charge is -2.18. The van der Waals surface area contributed by atoms with E-state index in [1.165, 1.54) is 6.39 Å². The minimum absolute atomic E-state index is 0.0113. The van der Waals surface area contributed by atoms with Crippen molar-refractivity contribution in [2.24, 2.45) is 0 Å². The minimum Gasteiger partial charge on any atom is -0.351 e. The van der Waals surface area contributed by atoms with Crippen LogP contribution in [-0.4, -0.2) is 41.1 Å². The van der Waals surface area contributed by atoms with E-state index in [0.717, 1.165) is 11.1 Å². The normalized spacial score (nSPS) is 12.4. The average Bonchev–Trinajstić information content (AvgIpc) is 2.98. The summed E-state index contributed by atoms with van der Waals surface area (Å²) >= 11 is 0. The molecule has 6 nitrogen and oxygen atoms in total. The van der Waals surface area contributed by atoms with Gasteiger partial charge in [0.15, 0.2) is 0 Å². The second kappa shape index (κ2) is 6.29. The van der Waals surface area contributed by atoms with Crippen LogP contribution < -0.4 is 5.32 Å². The number of carbonyl (C=O) groups is 1. The first kappa shape index (κ1) is 14.2. The summed E-state index contributed by atoms with van der Waals surface area (Å²) in [7, 11) is 3.76. The fourth-order valence-electron chi connectivity index (χ4n) is 1.64. The van der Waals surface area contributed by atoms with Crippen LogP contribution in [0.3, 0.4) is 0 Å². The van der Waals surface area contributed by atoms with Crippen molar-refractivity contribution >= 4 is 5.91 Å². The zero-order valence-electron chi connectivity index (χ0n) is 11.8. The number of hydrogen-bond donors (Lipinski definition) is 1. The Balaban J connectivity index is 1.93. The van der Waals surface area contributed by atoms with Crippen LogP contribution in [-0.2, 0) is 11.3 Å². The van der Waals surface area contributed by atoms with Crippen LogP contribution in [0.2, 0.25) is 0 Å². The van der Waals surface area contributed by atoms with Gasteiger partial charge in [-0.2, -0.15) is 4.98 Å². The molecule has 106 valence electrons. The molecule has 2 rings (SSSR count). The molecular formula is C14H18N4O2. The van der Waals surface area contributed by atoms with Crippen molar-refractivity contribution in [2.75, 3.05) is 14.1 Å². The molecule has 0 aliphatic carbocycles. The third-order valence-electron chi connectivity index (χ3n) is 3.19. The second-order valence-corrected chi connectivity index (χ2v) is 4.81. The second-order valence-electron chi connectivity index (χ2n) is 4.81. The van der Waals surface area contributed by atoms with Crippen molar-refractivity contribution in [3.63, 3.8) is 0 Å². The lowest BCUT2D eigenvalue weighted by atomic mass is 10.1. The Morgan fingerprint density at radius 3 is 2.60 bits per heavy atom. The molecule has 0 spiro atoms. The highest BCUT2D eigenvalue weighted by Gasteiger charge is 2.14. The Labute approximate surface area is 117 Å². The van der Waals surface area contributed by atoms with Crippen LogP contribution >= 0.6 is 0 Å². The number of carbonyl (C=O) groups excluding carboxylic acids is 1. The third-order valence-corrected chi connectivity index (χ3v) is 3.19. The first-order valence-electron chi connectivity index (χ1n) is 6.37. The van der Waals surface area contributed by atoms with Gasteiger partial charge in [0.05, 0.1) is 6.04 Å². The zero-order valence-corrected chi connectivity index (χ0v) is 11.8. The molecule has 0 saturated carbocycles. The molecule has 1 heterocycles. The van der Waals surface area contributed by atoms with Gasteiger partial charge in [0.1, 0.15) is 0 Å². The number of benzene rings is 1. The molecule has 0 saturated heterocycles. The summed E-state index contributed by atoms with van der Waals surface area (Å²) in [6.07, 6.45) is 1.30. The van der Waals surface area contributed by atoms with E-state index in [1.807, 2.05) is 50.2 Å². The Morgan fingerprint density at radius 1 is 1.35 bits per heavy atom. The highest BCUT2D eigenvalue weighted by atomic mass is 16.5. The molecular weight excluding hydrogens is 256 g/mol. The van der Waals surface area contributed by atoms with E-state index in [0.29, 0.717) is 12.4 Å². The fourth-order valence-corrected chi connectivity index (χ4v) is 1.64. The fraction of sp³-hybridized carbons (Fsp3) is 0.357. The van der Waals surface area contributed by atoms with Gasteiger partial charge >= 0.3 is 0 Å². The van der Waals surface area contributed by atoms with Crippen molar-refractivity contribution in [2.45, 2.75) is 19.5 Å². The number of likely N-dealkylation sites (N-methyl/N-ethyl adjacent to an activating group) is 1. The number of nitrogens with zero attached hydrogens (tertiary/aromatic N) is 3. The largest absolute Gasteiger partial charge is 0.351 e. The summed E-state index contributed by atoms with van der Waals surface area (Å²) in [6, 6.07) is 7.54. The van der Waals surface area contributed by atoms with Gasteiger partial charge in [0.2, 0.25) is 18.1 Å². The number of hydrogen-bond acceptors (Lipinski definition) is 5. The van der Waals surface area contributed by atoms with Gasteiger partial charge in [0, 0.05) is 12.1 Å². The van der Waals surface area contributed by atoms with E-state index in [9.17, 15) is 4.79 Å². The lowest BCUT2D eigenvalue weighted by molar-refractivity contribution is -0.125. The number of amides is 1. The smallest absolute Gasteiger partial charge is 0.237 e. The van der Waals surface area contributed by atoms with Crippen LogP contribution in [0.4, 0.5) is 0 Å². The highest BCUT2D eigenvalue weighted by molar-refractivity contribution is 5.81. The monoisotopic (exact) mass is 274 g/mol. The average molecular weight is 274 g/mol. The molecule has 0 bridgehead atoms. The van der Waals surface area contributed by atoms with Crippen molar-refractivity contribution < 1.29 is 9.32 Å². The van der Waals surface area contributed by atoms with E-state index < -0.39 is 0 Å². The summed E-state index contributed by atoms with van der Waals surface area (Å²) in [5.74, 6) is 0.569. The van der Waals surface area contributed by atoms with Gasteiger partial charge in [-0.15, -0.1) is 0 Å². The molecule has 0 radical (unpaired) electrons. The molecule has 1 N–H and O–H groups in total. The van der Waals surface area contributed by atoms with Gasteiger partial charge in [-0.05, 0) is 26.6 Å². The van der Waals surface area contributed by atoms with Crippen molar-refractivity contribution in [3.8, 4) is 11.4 Å². The Bertz CT molecular complexity index is 549.